The van der Waals surface area contributed by atoms with Crippen molar-refractivity contribution >= 4 is 5.70 Å². The van der Waals surface area contributed by atoms with Crippen molar-refractivity contribution in [3.8, 4) is 6.07 Å². The minimum atomic E-state index is -0.390. The number of benzene rings is 1. The Morgan fingerprint density at radius 2 is 2.24 bits per heavy atom. The fraction of sp³-hybridized carbons (Fsp3) is 0.200. The molecule has 3 rings (SSSR count). The normalized spacial score (nSPS) is 17.3. The Hall–Kier alpha value is -3.13. The number of hydrogen-bond acceptors (Lipinski definition) is 4. The third-order valence-corrected chi connectivity index (χ3v) is 4.23. The Balaban J connectivity index is 1.84. The number of halogens is 1. The van der Waals surface area contributed by atoms with Crippen molar-refractivity contribution in [2.24, 2.45) is 5.73 Å². The van der Waals surface area contributed by atoms with E-state index >= 15 is 0 Å². The van der Waals surface area contributed by atoms with Crippen LogP contribution >= 0.6 is 0 Å². The van der Waals surface area contributed by atoms with Crippen molar-refractivity contribution in [2.45, 2.75) is 25.2 Å². The minimum absolute atomic E-state index is 0.0990. The molecular weight excluding hydrogens is 317 g/mol. The molecule has 1 unspecified atom stereocenters. The zero-order valence-electron chi connectivity index (χ0n) is 13.7. The van der Waals surface area contributed by atoms with E-state index in [2.05, 4.69) is 11.6 Å². The molecule has 1 heterocycles. The van der Waals surface area contributed by atoms with Gasteiger partial charge in [0.05, 0.1) is 23.0 Å². The van der Waals surface area contributed by atoms with E-state index in [0.29, 0.717) is 23.6 Å². The lowest BCUT2D eigenvalue weighted by atomic mass is 9.84. The van der Waals surface area contributed by atoms with Gasteiger partial charge in [0, 0.05) is 6.42 Å². The third kappa shape index (κ3) is 3.69. The predicted octanol–water partition coefficient (Wildman–Crippen LogP) is 4.00. The zero-order chi connectivity index (χ0) is 17.8. The van der Waals surface area contributed by atoms with E-state index in [-0.39, 0.29) is 11.7 Å². The molecule has 1 aromatic carbocycles. The van der Waals surface area contributed by atoms with Gasteiger partial charge in [-0.2, -0.15) is 5.26 Å². The molecule has 126 valence electrons. The number of nitrogens with zero attached hydrogens (tertiary/aromatic N) is 2. The molecule has 0 aliphatic heterocycles. The molecule has 0 saturated carbocycles. The molecular formula is C20H18FN3O. The lowest BCUT2D eigenvalue weighted by Crippen LogP contribution is -2.12. The molecule has 0 amide bonds. The van der Waals surface area contributed by atoms with Gasteiger partial charge < -0.3 is 10.2 Å². The molecule has 25 heavy (non-hydrogen) atoms. The Labute approximate surface area is 145 Å². The van der Waals surface area contributed by atoms with E-state index in [1.807, 2.05) is 6.07 Å². The van der Waals surface area contributed by atoms with Crippen LogP contribution in [0.15, 0.2) is 53.5 Å². The topological polar surface area (TPSA) is 75.8 Å². The monoisotopic (exact) mass is 335 g/mol. The minimum Gasteiger partial charge on any atom is -0.440 e. The van der Waals surface area contributed by atoms with Crippen LogP contribution in [-0.4, -0.2) is 4.98 Å². The molecule has 0 bridgehead atoms. The molecule has 4 nitrogen and oxygen atoms in total. The predicted molar refractivity (Wildman–Crippen MR) is 93.9 cm³/mol. The van der Waals surface area contributed by atoms with E-state index < -0.39 is 0 Å². The van der Waals surface area contributed by atoms with Crippen LogP contribution in [0.1, 0.15) is 40.8 Å². The highest BCUT2D eigenvalue weighted by molar-refractivity contribution is 5.57. The standard InChI is InChI=1S/C20H18FN3O/c1-2-3-4-5-17(23)20-24-18-7-6-14(11-19(18)25-20)15-8-13(12-22)9-16(21)10-15/h2-5,8-10,14H,1,6-7,11,23H2/b4-3-,17-5-. The Morgan fingerprint density at radius 1 is 1.40 bits per heavy atom. The highest BCUT2D eigenvalue weighted by Gasteiger charge is 2.26. The van der Waals surface area contributed by atoms with Crippen molar-refractivity contribution in [1.82, 2.24) is 4.98 Å². The van der Waals surface area contributed by atoms with Gasteiger partial charge >= 0.3 is 0 Å². The van der Waals surface area contributed by atoms with Crippen LogP contribution < -0.4 is 5.73 Å². The average molecular weight is 335 g/mol. The summed E-state index contributed by atoms with van der Waals surface area (Å²) in [5.41, 5.74) is 8.48. The van der Waals surface area contributed by atoms with Crippen LogP contribution in [0.5, 0.6) is 0 Å². The van der Waals surface area contributed by atoms with Crippen LogP contribution in [0.2, 0.25) is 0 Å². The summed E-state index contributed by atoms with van der Waals surface area (Å²) in [6.45, 7) is 3.60. The van der Waals surface area contributed by atoms with Crippen LogP contribution in [0, 0.1) is 17.1 Å². The SMILES string of the molecule is C=C/C=C\C=C(/N)c1nc2c(o1)CC(c1cc(F)cc(C#N)c1)CC2. The van der Waals surface area contributed by atoms with Crippen molar-refractivity contribution < 1.29 is 8.81 Å². The number of rotatable bonds is 4. The summed E-state index contributed by atoms with van der Waals surface area (Å²) in [5, 5.41) is 9.02. The van der Waals surface area contributed by atoms with Crippen molar-refractivity contribution in [2.75, 3.05) is 0 Å². The maximum atomic E-state index is 13.7. The molecule has 1 atom stereocenters. The number of hydrogen-bond donors (Lipinski definition) is 1. The highest BCUT2D eigenvalue weighted by Crippen LogP contribution is 2.34. The number of nitriles is 1. The van der Waals surface area contributed by atoms with Crippen molar-refractivity contribution in [3.05, 3.63) is 83.4 Å². The van der Waals surface area contributed by atoms with Gasteiger partial charge in [-0.3, -0.25) is 0 Å². The summed E-state index contributed by atoms with van der Waals surface area (Å²) in [4.78, 5) is 4.46. The molecule has 1 aliphatic carbocycles. The van der Waals surface area contributed by atoms with Crippen molar-refractivity contribution in [1.29, 1.82) is 5.26 Å². The number of nitrogens with two attached hydrogens (primary N) is 1. The highest BCUT2D eigenvalue weighted by atomic mass is 19.1. The lowest BCUT2D eigenvalue weighted by molar-refractivity contribution is 0.442. The van der Waals surface area contributed by atoms with E-state index in [1.54, 1.807) is 30.4 Å². The second kappa shape index (κ2) is 7.18. The fourth-order valence-corrected chi connectivity index (χ4v) is 3.00. The smallest absolute Gasteiger partial charge is 0.242 e. The summed E-state index contributed by atoms with van der Waals surface area (Å²) in [6, 6.07) is 6.47. The van der Waals surface area contributed by atoms with Gasteiger partial charge in [0.25, 0.3) is 0 Å². The Morgan fingerprint density at radius 3 is 3.00 bits per heavy atom. The van der Waals surface area contributed by atoms with Gasteiger partial charge in [-0.05, 0) is 48.6 Å². The molecule has 2 aromatic rings. The first kappa shape index (κ1) is 16.7. The lowest BCUT2D eigenvalue weighted by Gasteiger charge is -2.20. The van der Waals surface area contributed by atoms with E-state index in [4.69, 9.17) is 15.4 Å². The fourth-order valence-electron chi connectivity index (χ4n) is 3.00. The molecule has 0 radical (unpaired) electrons. The number of fused-ring (bicyclic) bond motifs is 1. The van der Waals surface area contributed by atoms with Crippen LogP contribution in [0.3, 0.4) is 0 Å². The van der Waals surface area contributed by atoms with Gasteiger partial charge in [-0.15, -0.1) is 0 Å². The number of allylic oxidation sites excluding steroid dienone is 4. The van der Waals surface area contributed by atoms with Gasteiger partial charge in [-0.25, -0.2) is 9.37 Å². The number of aryl methyl sites for hydroxylation is 1. The Kier molecular flexibility index (Phi) is 4.80. The second-order valence-corrected chi connectivity index (χ2v) is 5.96. The largest absolute Gasteiger partial charge is 0.440 e. The summed E-state index contributed by atoms with van der Waals surface area (Å²) in [7, 11) is 0. The second-order valence-electron chi connectivity index (χ2n) is 5.96. The van der Waals surface area contributed by atoms with Crippen LogP contribution in [0.4, 0.5) is 4.39 Å². The summed E-state index contributed by atoms with van der Waals surface area (Å²) in [6.07, 6.45) is 9.08. The molecule has 5 heteroatoms. The van der Waals surface area contributed by atoms with E-state index in [0.717, 1.165) is 29.9 Å². The van der Waals surface area contributed by atoms with Gasteiger partial charge in [-0.1, -0.05) is 24.8 Å². The molecule has 0 saturated heterocycles. The van der Waals surface area contributed by atoms with Crippen molar-refractivity contribution in [3.63, 3.8) is 0 Å². The van der Waals surface area contributed by atoms with E-state index in [9.17, 15) is 4.39 Å². The molecule has 2 N–H and O–H groups in total. The quantitative estimate of drug-likeness (QED) is 0.857. The summed E-state index contributed by atoms with van der Waals surface area (Å²) >= 11 is 0. The first-order chi connectivity index (χ1) is 12.1. The average Bonchev–Trinajstić information content (AvgIpc) is 3.04. The molecule has 1 aliphatic rings. The van der Waals surface area contributed by atoms with E-state index in [1.165, 1.54) is 12.1 Å². The number of aromatic nitrogens is 1. The maximum absolute atomic E-state index is 13.7. The summed E-state index contributed by atoms with van der Waals surface area (Å²) in [5.74, 6) is 0.885. The molecule has 0 spiro atoms. The zero-order valence-corrected chi connectivity index (χ0v) is 13.7. The van der Waals surface area contributed by atoms with Gasteiger partial charge in [0.1, 0.15) is 11.6 Å². The number of oxazole rings is 1. The molecule has 0 fully saturated rings. The van der Waals surface area contributed by atoms with Gasteiger partial charge in [0.15, 0.2) is 0 Å². The molecule has 1 aromatic heterocycles. The Bertz CT molecular complexity index is 902. The van der Waals surface area contributed by atoms with Crippen LogP contribution in [0.25, 0.3) is 5.70 Å². The first-order valence-electron chi connectivity index (χ1n) is 8.05. The first-order valence-corrected chi connectivity index (χ1v) is 8.05. The maximum Gasteiger partial charge on any atom is 0.242 e. The van der Waals surface area contributed by atoms with Gasteiger partial charge in [0.2, 0.25) is 5.89 Å². The third-order valence-electron chi connectivity index (χ3n) is 4.23. The van der Waals surface area contributed by atoms with Crippen LogP contribution in [-0.2, 0) is 12.8 Å². The summed E-state index contributed by atoms with van der Waals surface area (Å²) < 4.78 is 19.5.